The number of hydrogen-bond donors (Lipinski definition) is 4. The Hall–Kier alpha value is -1.95. The molecule has 1 aromatic rings. The Bertz CT molecular complexity index is 505. The summed E-state index contributed by atoms with van der Waals surface area (Å²) in [5, 5.41) is 23.3. The molecular weight excluding hydrogens is 272 g/mol. The third-order valence-corrected chi connectivity index (χ3v) is 2.75. The van der Waals surface area contributed by atoms with Gasteiger partial charge in [-0.2, -0.15) is 0 Å². The highest BCUT2D eigenvalue weighted by molar-refractivity contribution is 6.30. The maximum Gasteiger partial charge on any atom is 0.405 e. The quantitative estimate of drug-likeness (QED) is 0.676. The van der Waals surface area contributed by atoms with E-state index >= 15 is 0 Å². The van der Waals surface area contributed by atoms with Gasteiger partial charge in [-0.05, 0) is 31.5 Å². The van der Waals surface area contributed by atoms with Crippen molar-refractivity contribution in [3.8, 4) is 5.75 Å². The molecule has 2 amide bonds. The van der Waals surface area contributed by atoms with E-state index in [1.165, 1.54) is 6.92 Å². The number of aromatic hydroxyl groups is 1. The first-order valence-electron chi connectivity index (χ1n) is 5.56. The fourth-order valence-corrected chi connectivity index (χ4v) is 1.82. The average Bonchev–Trinajstić information content (AvgIpc) is 2.30. The second kappa shape index (κ2) is 6.29. The molecule has 0 spiro atoms. The number of carbonyl (C=O) groups excluding carboxylic acids is 1. The molecule has 0 saturated carbocycles. The van der Waals surface area contributed by atoms with Gasteiger partial charge in [-0.25, -0.2) is 4.79 Å². The van der Waals surface area contributed by atoms with Crippen LogP contribution in [0, 0.1) is 6.92 Å². The maximum absolute atomic E-state index is 11.6. The molecule has 4 N–H and O–H groups in total. The maximum atomic E-state index is 11.6. The van der Waals surface area contributed by atoms with Crippen molar-refractivity contribution >= 4 is 23.6 Å². The largest absolute Gasteiger partial charge is 0.507 e. The first-order chi connectivity index (χ1) is 8.81. The van der Waals surface area contributed by atoms with Crippen molar-refractivity contribution in [1.29, 1.82) is 0 Å². The van der Waals surface area contributed by atoms with Crippen molar-refractivity contribution in [2.75, 3.05) is 0 Å². The van der Waals surface area contributed by atoms with Gasteiger partial charge in [-0.15, -0.1) is 0 Å². The molecule has 0 fully saturated rings. The molecule has 0 aliphatic heterocycles. The van der Waals surface area contributed by atoms with Gasteiger partial charge in [-0.3, -0.25) is 4.79 Å². The van der Waals surface area contributed by atoms with E-state index in [0.717, 1.165) is 0 Å². The van der Waals surface area contributed by atoms with Crippen molar-refractivity contribution < 1.29 is 19.8 Å². The Morgan fingerprint density at radius 2 is 2.05 bits per heavy atom. The third kappa shape index (κ3) is 4.33. The number of halogens is 1. The Balaban J connectivity index is 2.67. The van der Waals surface area contributed by atoms with Crippen LogP contribution < -0.4 is 10.6 Å². The Labute approximate surface area is 115 Å². The summed E-state index contributed by atoms with van der Waals surface area (Å²) in [6.45, 7) is 3.19. The van der Waals surface area contributed by atoms with Crippen molar-refractivity contribution in [3.05, 3.63) is 28.3 Å². The van der Waals surface area contributed by atoms with E-state index in [0.29, 0.717) is 16.1 Å². The van der Waals surface area contributed by atoms with E-state index < -0.39 is 18.0 Å². The molecule has 1 rings (SSSR count). The Morgan fingerprint density at radius 1 is 1.42 bits per heavy atom. The number of aryl methyl sites for hydroxylation is 1. The van der Waals surface area contributed by atoms with Gasteiger partial charge in [0.25, 0.3) is 0 Å². The van der Waals surface area contributed by atoms with E-state index in [1.54, 1.807) is 19.1 Å². The number of benzene rings is 1. The van der Waals surface area contributed by atoms with Crippen molar-refractivity contribution in [1.82, 2.24) is 10.6 Å². The van der Waals surface area contributed by atoms with E-state index in [9.17, 15) is 14.7 Å². The van der Waals surface area contributed by atoms with Gasteiger partial charge in [0, 0.05) is 17.1 Å². The minimum absolute atomic E-state index is 0.0588. The minimum Gasteiger partial charge on any atom is -0.507 e. The molecule has 0 aliphatic rings. The molecule has 1 atom stereocenters. The SMILES string of the molecule is Cc1cc(Cl)cc(CNC(=O)[C@H](C)NC(=O)O)c1O. The summed E-state index contributed by atoms with van der Waals surface area (Å²) in [5.41, 5.74) is 1.08. The summed E-state index contributed by atoms with van der Waals surface area (Å²) in [6, 6.07) is 2.27. The smallest absolute Gasteiger partial charge is 0.405 e. The standard InChI is InChI=1S/C12H15ClN2O4/c1-6-3-9(13)4-8(10(6)16)5-14-11(17)7(2)15-12(18)19/h3-4,7,15-16H,5H2,1-2H3,(H,14,17)(H,18,19)/t7-/m0/s1. The van der Waals surface area contributed by atoms with Crippen LogP contribution in [0.3, 0.4) is 0 Å². The van der Waals surface area contributed by atoms with E-state index in [4.69, 9.17) is 16.7 Å². The summed E-state index contributed by atoms with van der Waals surface area (Å²) < 4.78 is 0. The zero-order chi connectivity index (χ0) is 14.6. The fraction of sp³-hybridized carbons (Fsp3) is 0.333. The Morgan fingerprint density at radius 3 is 2.63 bits per heavy atom. The van der Waals surface area contributed by atoms with Crippen LogP contribution in [0.2, 0.25) is 5.02 Å². The number of carbonyl (C=O) groups is 2. The van der Waals surface area contributed by atoms with Crippen LogP contribution in [0.1, 0.15) is 18.1 Å². The zero-order valence-electron chi connectivity index (χ0n) is 10.5. The van der Waals surface area contributed by atoms with Crippen molar-refractivity contribution in [3.63, 3.8) is 0 Å². The van der Waals surface area contributed by atoms with Gasteiger partial charge in [0.15, 0.2) is 0 Å². The van der Waals surface area contributed by atoms with Gasteiger partial charge in [0.05, 0.1) is 0 Å². The molecule has 6 nitrogen and oxygen atoms in total. The number of nitrogens with one attached hydrogen (secondary N) is 2. The molecule has 1 aromatic carbocycles. The predicted octanol–water partition coefficient (Wildman–Crippen LogP) is 1.63. The number of phenolic OH excluding ortho intramolecular Hbond substituents is 1. The first kappa shape index (κ1) is 15.1. The van der Waals surface area contributed by atoms with Crippen LogP contribution in [-0.2, 0) is 11.3 Å². The minimum atomic E-state index is -1.27. The summed E-state index contributed by atoms with van der Waals surface area (Å²) in [5.74, 6) is -0.428. The second-order valence-electron chi connectivity index (χ2n) is 4.12. The highest BCUT2D eigenvalue weighted by Crippen LogP contribution is 2.26. The van der Waals surface area contributed by atoms with Crippen LogP contribution >= 0.6 is 11.6 Å². The molecule has 0 bridgehead atoms. The lowest BCUT2D eigenvalue weighted by molar-refractivity contribution is -0.122. The number of rotatable bonds is 4. The van der Waals surface area contributed by atoms with E-state index in [-0.39, 0.29) is 12.3 Å². The molecule has 0 saturated heterocycles. The fourth-order valence-electron chi connectivity index (χ4n) is 1.53. The van der Waals surface area contributed by atoms with E-state index in [2.05, 4.69) is 5.32 Å². The van der Waals surface area contributed by atoms with Crippen LogP contribution in [-0.4, -0.2) is 28.3 Å². The van der Waals surface area contributed by atoms with Crippen molar-refractivity contribution in [2.24, 2.45) is 0 Å². The molecule has 0 heterocycles. The third-order valence-electron chi connectivity index (χ3n) is 2.53. The lowest BCUT2D eigenvalue weighted by Gasteiger charge is -2.13. The normalized spacial score (nSPS) is 11.7. The highest BCUT2D eigenvalue weighted by Gasteiger charge is 2.15. The predicted molar refractivity (Wildman–Crippen MR) is 70.3 cm³/mol. The monoisotopic (exact) mass is 286 g/mol. The second-order valence-corrected chi connectivity index (χ2v) is 4.56. The van der Waals surface area contributed by atoms with Gasteiger partial charge in [-0.1, -0.05) is 11.6 Å². The van der Waals surface area contributed by atoms with Gasteiger partial charge in [0.1, 0.15) is 11.8 Å². The lowest BCUT2D eigenvalue weighted by Crippen LogP contribution is -2.44. The van der Waals surface area contributed by atoms with Gasteiger partial charge >= 0.3 is 6.09 Å². The van der Waals surface area contributed by atoms with Crippen LogP contribution in [0.25, 0.3) is 0 Å². The van der Waals surface area contributed by atoms with Gasteiger partial charge in [0.2, 0.25) is 5.91 Å². The van der Waals surface area contributed by atoms with Crippen LogP contribution in [0.4, 0.5) is 4.79 Å². The molecular formula is C12H15ClN2O4. The van der Waals surface area contributed by atoms with Crippen LogP contribution in [0.5, 0.6) is 5.75 Å². The average molecular weight is 287 g/mol. The molecule has 104 valence electrons. The molecule has 0 aromatic heterocycles. The molecule has 0 unspecified atom stereocenters. The summed E-state index contributed by atoms with van der Waals surface area (Å²) in [7, 11) is 0. The number of phenols is 1. The number of amides is 2. The first-order valence-corrected chi connectivity index (χ1v) is 5.94. The zero-order valence-corrected chi connectivity index (χ0v) is 11.3. The van der Waals surface area contributed by atoms with Crippen LogP contribution in [0.15, 0.2) is 12.1 Å². The number of hydrogen-bond acceptors (Lipinski definition) is 3. The van der Waals surface area contributed by atoms with E-state index in [1.807, 2.05) is 5.32 Å². The highest BCUT2D eigenvalue weighted by atomic mass is 35.5. The molecule has 7 heteroatoms. The molecule has 19 heavy (non-hydrogen) atoms. The molecule has 0 radical (unpaired) electrons. The summed E-state index contributed by atoms with van der Waals surface area (Å²) >= 11 is 5.85. The topological polar surface area (TPSA) is 98.7 Å². The van der Waals surface area contributed by atoms with Crippen molar-refractivity contribution in [2.45, 2.75) is 26.4 Å². The number of carboxylic acid groups (broad SMARTS) is 1. The van der Waals surface area contributed by atoms with Gasteiger partial charge < -0.3 is 20.8 Å². The molecule has 0 aliphatic carbocycles. The summed E-state index contributed by atoms with van der Waals surface area (Å²) in [6.07, 6.45) is -1.27. The summed E-state index contributed by atoms with van der Waals surface area (Å²) in [4.78, 5) is 22.0. The Kier molecular flexibility index (Phi) is 5.00. The lowest BCUT2D eigenvalue weighted by atomic mass is 10.1.